The average molecular weight is 325 g/mol. The van der Waals surface area contributed by atoms with Gasteiger partial charge in [-0.2, -0.15) is 0 Å². The highest BCUT2D eigenvalue weighted by Gasteiger charge is 2.27. The van der Waals surface area contributed by atoms with Gasteiger partial charge in [-0.1, -0.05) is 30.3 Å². The van der Waals surface area contributed by atoms with Crippen molar-refractivity contribution in [3.63, 3.8) is 0 Å². The molecule has 0 radical (unpaired) electrons. The summed E-state index contributed by atoms with van der Waals surface area (Å²) in [6, 6.07) is 13.3. The summed E-state index contributed by atoms with van der Waals surface area (Å²) < 4.78 is 1.67. The number of hydrogen-bond acceptors (Lipinski definition) is 3. The van der Waals surface area contributed by atoms with Gasteiger partial charge < -0.3 is 15.6 Å². The van der Waals surface area contributed by atoms with E-state index in [2.05, 4.69) is 5.32 Å². The molecule has 1 heterocycles. The molecule has 1 amide bonds. The fraction of sp³-hybridized carbons (Fsp3) is 0.368. The normalized spacial score (nSPS) is 20.0. The maximum absolute atomic E-state index is 12.1. The van der Waals surface area contributed by atoms with Crippen molar-refractivity contribution in [3.8, 4) is 0 Å². The molecular weight excluding hydrogens is 302 g/mol. The number of pyridine rings is 1. The fourth-order valence-electron chi connectivity index (χ4n) is 3.14. The molecule has 1 fully saturated rings. The molecule has 2 aromatic rings. The summed E-state index contributed by atoms with van der Waals surface area (Å²) in [6.45, 7) is 1.07. The second-order valence-electron chi connectivity index (χ2n) is 6.47. The molecule has 1 saturated carbocycles. The topological polar surface area (TPSA) is 77.1 Å². The Morgan fingerprint density at radius 3 is 2.54 bits per heavy atom. The largest absolute Gasteiger partial charge is 0.352 e. The van der Waals surface area contributed by atoms with Crippen molar-refractivity contribution in [3.05, 3.63) is 70.1 Å². The second-order valence-corrected chi connectivity index (χ2v) is 6.47. The molecule has 0 saturated heterocycles. The Morgan fingerprint density at radius 1 is 1.12 bits per heavy atom. The van der Waals surface area contributed by atoms with Gasteiger partial charge in [-0.25, -0.2) is 0 Å². The zero-order valence-electron chi connectivity index (χ0n) is 13.7. The van der Waals surface area contributed by atoms with E-state index in [0.717, 1.165) is 30.4 Å². The lowest BCUT2D eigenvalue weighted by molar-refractivity contribution is -0.125. The molecule has 5 nitrogen and oxygen atoms in total. The van der Waals surface area contributed by atoms with E-state index < -0.39 is 0 Å². The van der Waals surface area contributed by atoms with Crippen molar-refractivity contribution < 1.29 is 4.79 Å². The summed E-state index contributed by atoms with van der Waals surface area (Å²) in [7, 11) is 0. The number of nitrogens with zero attached hydrogens (tertiary/aromatic N) is 1. The zero-order chi connectivity index (χ0) is 16.9. The average Bonchev–Trinajstić information content (AvgIpc) is 3.03. The molecule has 1 aromatic carbocycles. The lowest BCUT2D eigenvalue weighted by Gasteiger charge is -2.11. The minimum Gasteiger partial charge on any atom is -0.352 e. The number of carbonyl (C=O) groups excluding carboxylic acids is 1. The van der Waals surface area contributed by atoms with Crippen LogP contribution < -0.4 is 16.6 Å². The summed E-state index contributed by atoms with van der Waals surface area (Å²) in [5.41, 5.74) is 7.95. The van der Waals surface area contributed by atoms with Crippen LogP contribution in [0.5, 0.6) is 0 Å². The first kappa shape index (κ1) is 16.5. The molecule has 3 N–H and O–H groups in total. The minimum absolute atomic E-state index is 0.0105. The molecule has 5 heteroatoms. The van der Waals surface area contributed by atoms with Crippen molar-refractivity contribution in [1.29, 1.82) is 0 Å². The first-order valence-corrected chi connectivity index (χ1v) is 8.38. The monoisotopic (exact) mass is 325 g/mol. The summed E-state index contributed by atoms with van der Waals surface area (Å²) >= 11 is 0. The van der Waals surface area contributed by atoms with Gasteiger partial charge >= 0.3 is 0 Å². The molecule has 24 heavy (non-hydrogen) atoms. The Bertz CT molecular complexity index is 752. The van der Waals surface area contributed by atoms with Gasteiger partial charge in [0.25, 0.3) is 5.56 Å². The highest BCUT2D eigenvalue weighted by molar-refractivity contribution is 5.79. The molecule has 0 bridgehead atoms. The van der Waals surface area contributed by atoms with Crippen LogP contribution >= 0.6 is 0 Å². The van der Waals surface area contributed by atoms with Gasteiger partial charge in [-0.05, 0) is 36.5 Å². The third-order valence-corrected chi connectivity index (χ3v) is 4.59. The Balaban J connectivity index is 1.54. The number of benzene rings is 1. The maximum atomic E-state index is 12.1. The van der Waals surface area contributed by atoms with E-state index in [0.29, 0.717) is 13.1 Å². The zero-order valence-corrected chi connectivity index (χ0v) is 13.7. The van der Waals surface area contributed by atoms with Crippen LogP contribution in [-0.4, -0.2) is 16.5 Å². The third-order valence-electron chi connectivity index (χ3n) is 4.59. The van der Waals surface area contributed by atoms with Crippen LogP contribution in [0.4, 0.5) is 0 Å². The van der Waals surface area contributed by atoms with Crippen LogP contribution in [0.2, 0.25) is 0 Å². The number of hydrogen-bond donors (Lipinski definition) is 2. The van der Waals surface area contributed by atoms with Gasteiger partial charge in [0, 0.05) is 30.8 Å². The molecular formula is C19H23N3O2. The van der Waals surface area contributed by atoms with Crippen LogP contribution in [-0.2, 0) is 17.9 Å². The maximum Gasteiger partial charge on any atom is 0.250 e. The second kappa shape index (κ2) is 7.45. The van der Waals surface area contributed by atoms with Crippen molar-refractivity contribution in [2.75, 3.05) is 0 Å². The quantitative estimate of drug-likeness (QED) is 0.877. The number of nitrogens with two attached hydrogens (primary N) is 1. The number of aromatic nitrogens is 1. The Kier molecular flexibility index (Phi) is 5.11. The van der Waals surface area contributed by atoms with Gasteiger partial charge in [-0.3, -0.25) is 9.59 Å². The number of nitrogens with one attached hydrogen (secondary N) is 1. The van der Waals surface area contributed by atoms with E-state index in [9.17, 15) is 9.59 Å². The Labute approximate surface area is 141 Å². The van der Waals surface area contributed by atoms with Crippen molar-refractivity contribution in [2.24, 2.45) is 11.7 Å². The van der Waals surface area contributed by atoms with Gasteiger partial charge in [-0.15, -0.1) is 0 Å². The molecule has 2 unspecified atom stereocenters. The van der Waals surface area contributed by atoms with Gasteiger partial charge in [0.2, 0.25) is 5.91 Å². The van der Waals surface area contributed by atoms with Crippen LogP contribution in [0.15, 0.2) is 53.5 Å². The summed E-state index contributed by atoms with van der Waals surface area (Å²) in [5.74, 6) is 0.159. The molecule has 0 aliphatic heterocycles. The van der Waals surface area contributed by atoms with E-state index in [1.54, 1.807) is 22.9 Å². The van der Waals surface area contributed by atoms with Crippen molar-refractivity contribution in [1.82, 2.24) is 9.88 Å². The highest BCUT2D eigenvalue weighted by Crippen LogP contribution is 2.24. The minimum atomic E-state index is -0.0105. The van der Waals surface area contributed by atoms with E-state index in [1.165, 1.54) is 0 Å². The number of carbonyl (C=O) groups is 1. The Morgan fingerprint density at radius 2 is 1.88 bits per heavy atom. The number of amides is 1. The predicted octanol–water partition coefficient (Wildman–Crippen LogP) is 1.64. The van der Waals surface area contributed by atoms with Crippen LogP contribution in [0, 0.1) is 5.92 Å². The van der Waals surface area contributed by atoms with E-state index in [-0.39, 0.29) is 23.4 Å². The molecule has 0 spiro atoms. The highest BCUT2D eigenvalue weighted by atomic mass is 16.2. The molecule has 2 atom stereocenters. The number of rotatable bonds is 5. The summed E-state index contributed by atoms with van der Waals surface area (Å²) in [5, 5.41) is 2.99. The SMILES string of the molecule is NC1CCC(C(=O)NCc2ccc(Cn3ccccc3=O)cc2)C1. The van der Waals surface area contributed by atoms with Crippen LogP contribution in [0.1, 0.15) is 30.4 Å². The summed E-state index contributed by atoms with van der Waals surface area (Å²) in [6.07, 6.45) is 4.39. The van der Waals surface area contributed by atoms with Crippen LogP contribution in [0.3, 0.4) is 0 Å². The third kappa shape index (κ3) is 4.11. The van der Waals surface area contributed by atoms with E-state index in [1.807, 2.05) is 30.3 Å². The first-order chi connectivity index (χ1) is 11.6. The fourth-order valence-corrected chi connectivity index (χ4v) is 3.14. The lowest BCUT2D eigenvalue weighted by atomic mass is 10.1. The van der Waals surface area contributed by atoms with Gasteiger partial charge in [0.1, 0.15) is 0 Å². The molecule has 1 aliphatic carbocycles. The lowest BCUT2D eigenvalue weighted by Crippen LogP contribution is -2.30. The van der Waals surface area contributed by atoms with Crippen molar-refractivity contribution in [2.45, 2.75) is 38.4 Å². The first-order valence-electron chi connectivity index (χ1n) is 8.38. The Hall–Kier alpha value is -2.40. The van der Waals surface area contributed by atoms with Crippen LogP contribution in [0.25, 0.3) is 0 Å². The van der Waals surface area contributed by atoms with Crippen molar-refractivity contribution >= 4 is 5.91 Å². The molecule has 126 valence electrons. The summed E-state index contributed by atoms with van der Waals surface area (Å²) in [4.78, 5) is 23.8. The molecule has 1 aromatic heterocycles. The molecule has 1 aliphatic rings. The van der Waals surface area contributed by atoms with Gasteiger partial charge in [0.05, 0.1) is 6.54 Å². The predicted molar refractivity (Wildman–Crippen MR) is 93.4 cm³/mol. The van der Waals surface area contributed by atoms with E-state index in [4.69, 9.17) is 5.73 Å². The molecule has 3 rings (SSSR count). The van der Waals surface area contributed by atoms with E-state index >= 15 is 0 Å². The standard InChI is InChI=1S/C19H23N3O2/c20-17-9-8-16(11-17)19(24)21-12-14-4-6-15(7-5-14)13-22-10-2-1-3-18(22)23/h1-7,10,16-17H,8-9,11-13,20H2,(H,21,24). The van der Waals surface area contributed by atoms with Gasteiger partial charge in [0.15, 0.2) is 0 Å². The smallest absolute Gasteiger partial charge is 0.250 e.